The molecule has 4 aromatic carbocycles. The topological polar surface area (TPSA) is 8.17 Å². The van der Waals surface area contributed by atoms with Gasteiger partial charge in [-0.2, -0.15) is 0 Å². The molecule has 0 atom stereocenters. The summed E-state index contributed by atoms with van der Waals surface area (Å²) in [7, 11) is 0. The van der Waals surface area contributed by atoms with Crippen molar-refractivity contribution in [2.45, 2.75) is 73.1 Å². The minimum atomic E-state index is -0.289. The van der Waals surface area contributed by atoms with E-state index in [9.17, 15) is 0 Å². The number of rotatable bonds is 4. The van der Waals surface area contributed by atoms with Crippen molar-refractivity contribution in [2.75, 3.05) is 4.90 Å². The van der Waals surface area contributed by atoms with Gasteiger partial charge in [-0.05, 0) is 93.3 Å². The lowest BCUT2D eigenvalue weighted by Crippen LogP contribution is -2.15. The second-order valence-corrected chi connectivity index (χ2v) is 13.2. The van der Waals surface area contributed by atoms with Crippen molar-refractivity contribution >= 4 is 43.9 Å². The summed E-state index contributed by atoms with van der Waals surface area (Å²) in [5.74, 6) is -0.289. The molecule has 5 rings (SSSR count). The SMILES string of the molecule is CC.Cc1cc2ccccc2n1-c1cc(F)cc(N(c2ccc(C(C)(C)C)cc2)c2ccc(C(C)(C)C)cc2)c1Br. The Morgan fingerprint density at radius 1 is 0.683 bits per heavy atom. The quantitative estimate of drug-likeness (QED) is 0.196. The second-order valence-electron chi connectivity index (χ2n) is 12.4. The van der Waals surface area contributed by atoms with Gasteiger partial charge in [0.25, 0.3) is 0 Å². The maximum Gasteiger partial charge on any atom is 0.127 e. The molecule has 0 unspecified atom stereocenters. The Hall–Kier alpha value is -3.37. The zero-order valence-corrected chi connectivity index (χ0v) is 27.4. The van der Waals surface area contributed by atoms with Gasteiger partial charge in [0.2, 0.25) is 0 Å². The fourth-order valence-corrected chi connectivity index (χ4v) is 5.73. The smallest absolute Gasteiger partial charge is 0.127 e. The molecular formula is C37H42BrFN2. The highest BCUT2D eigenvalue weighted by atomic mass is 79.9. The lowest BCUT2D eigenvalue weighted by Gasteiger charge is -2.29. The molecule has 0 spiro atoms. The molecule has 0 fully saturated rings. The molecule has 4 heteroatoms. The highest BCUT2D eigenvalue weighted by Gasteiger charge is 2.23. The molecule has 41 heavy (non-hydrogen) atoms. The zero-order chi connectivity index (χ0) is 30.1. The molecule has 0 saturated heterocycles. The van der Waals surface area contributed by atoms with Crippen LogP contribution in [0.2, 0.25) is 0 Å². The van der Waals surface area contributed by atoms with Crippen LogP contribution in [0.5, 0.6) is 0 Å². The third-order valence-corrected chi connectivity index (χ3v) is 8.17. The molecule has 0 radical (unpaired) electrons. The Balaban J connectivity index is 0.00000189. The fraction of sp³-hybridized carbons (Fsp3) is 0.297. The van der Waals surface area contributed by atoms with Crippen LogP contribution < -0.4 is 4.90 Å². The van der Waals surface area contributed by atoms with E-state index in [0.29, 0.717) is 0 Å². The van der Waals surface area contributed by atoms with Crippen LogP contribution in [0, 0.1) is 12.7 Å². The van der Waals surface area contributed by atoms with E-state index in [-0.39, 0.29) is 16.6 Å². The number of nitrogens with zero attached hydrogens (tertiary/aromatic N) is 2. The molecule has 0 aliphatic heterocycles. The van der Waals surface area contributed by atoms with Crippen molar-refractivity contribution in [3.05, 3.63) is 118 Å². The van der Waals surface area contributed by atoms with Crippen LogP contribution in [0.4, 0.5) is 21.5 Å². The van der Waals surface area contributed by atoms with E-state index in [0.717, 1.165) is 43.8 Å². The van der Waals surface area contributed by atoms with E-state index in [1.54, 1.807) is 12.1 Å². The van der Waals surface area contributed by atoms with E-state index in [4.69, 9.17) is 0 Å². The Morgan fingerprint density at radius 2 is 1.17 bits per heavy atom. The predicted octanol–water partition coefficient (Wildman–Crippen LogP) is 11.9. The number of aryl methyl sites for hydroxylation is 1. The fourth-order valence-electron chi connectivity index (χ4n) is 5.15. The molecule has 1 heterocycles. The summed E-state index contributed by atoms with van der Waals surface area (Å²) in [6.07, 6.45) is 0. The number of hydrogen-bond donors (Lipinski definition) is 0. The normalized spacial score (nSPS) is 11.8. The van der Waals surface area contributed by atoms with Crippen molar-refractivity contribution in [3.63, 3.8) is 0 Å². The Bertz CT molecular complexity index is 1580. The number of hydrogen-bond acceptors (Lipinski definition) is 1. The summed E-state index contributed by atoms with van der Waals surface area (Å²) in [6, 6.07) is 30.8. The molecule has 214 valence electrons. The third-order valence-electron chi connectivity index (χ3n) is 7.36. The van der Waals surface area contributed by atoms with Crippen LogP contribution >= 0.6 is 15.9 Å². The molecule has 0 saturated carbocycles. The largest absolute Gasteiger partial charge is 0.313 e. The lowest BCUT2D eigenvalue weighted by molar-refractivity contribution is 0.590. The van der Waals surface area contributed by atoms with Crippen LogP contribution in [0.3, 0.4) is 0 Å². The third kappa shape index (κ3) is 6.28. The monoisotopic (exact) mass is 612 g/mol. The number of halogens is 2. The lowest BCUT2D eigenvalue weighted by atomic mass is 9.86. The molecule has 0 aliphatic rings. The van der Waals surface area contributed by atoms with Crippen molar-refractivity contribution in [3.8, 4) is 5.69 Å². The standard InChI is InChI=1S/C35H36BrFN2.C2H6/c1-23-20-24-10-8-9-11-30(24)38(23)31-21-27(37)22-32(33(31)36)39(28-16-12-25(13-17-28)34(2,3)4)29-18-14-26(15-19-29)35(5,6)7;1-2/h8-22H,1-7H3;1-2H3. The van der Waals surface area contributed by atoms with E-state index < -0.39 is 0 Å². The van der Waals surface area contributed by atoms with Gasteiger partial charge in [0.05, 0.1) is 21.4 Å². The Labute approximate surface area is 254 Å². The van der Waals surface area contributed by atoms with Crippen LogP contribution in [0.25, 0.3) is 16.6 Å². The summed E-state index contributed by atoms with van der Waals surface area (Å²) < 4.78 is 18.5. The number of aromatic nitrogens is 1. The Kier molecular flexibility index (Phi) is 8.84. The molecule has 0 amide bonds. The minimum absolute atomic E-state index is 0.0390. The first kappa shape index (κ1) is 30.6. The van der Waals surface area contributed by atoms with E-state index >= 15 is 4.39 Å². The summed E-state index contributed by atoms with van der Waals surface area (Å²) >= 11 is 3.92. The van der Waals surface area contributed by atoms with Gasteiger partial charge in [-0.15, -0.1) is 0 Å². The predicted molar refractivity (Wildman–Crippen MR) is 179 cm³/mol. The van der Waals surface area contributed by atoms with Gasteiger partial charge >= 0.3 is 0 Å². The van der Waals surface area contributed by atoms with Gasteiger partial charge in [-0.25, -0.2) is 4.39 Å². The van der Waals surface area contributed by atoms with E-state index in [2.05, 4.69) is 141 Å². The van der Waals surface area contributed by atoms with Crippen molar-refractivity contribution in [1.29, 1.82) is 0 Å². The van der Waals surface area contributed by atoms with Crippen LogP contribution in [-0.4, -0.2) is 4.57 Å². The highest BCUT2D eigenvalue weighted by Crippen LogP contribution is 2.44. The maximum atomic E-state index is 15.5. The van der Waals surface area contributed by atoms with Gasteiger partial charge in [0.15, 0.2) is 0 Å². The van der Waals surface area contributed by atoms with Crippen LogP contribution in [0.1, 0.15) is 72.2 Å². The summed E-state index contributed by atoms with van der Waals surface area (Å²) in [6.45, 7) is 19.3. The molecule has 0 N–H and O–H groups in total. The van der Waals surface area contributed by atoms with Crippen LogP contribution in [-0.2, 0) is 10.8 Å². The number of para-hydroxylation sites is 1. The summed E-state index contributed by atoms with van der Waals surface area (Å²) in [5.41, 5.74) is 8.13. The summed E-state index contributed by atoms with van der Waals surface area (Å²) in [4.78, 5) is 2.14. The summed E-state index contributed by atoms with van der Waals surface area (Å²) in [5, 5.41) is 1.13. The molecule has 0 aliphatic carbocycles. The first-order valence-electron chi connectivity index (χ1n) is 14.4. The second kappa shape index (κ2) is 11.9. The molecular weight excluding hydrogens is 571 g/mol. The first-order chi connectivity index (χ1) is 19.3. The average Bonchev–Trinajstić information content (AvgIpc) is 3.27. The number of fused-ring (bicyclic) bond motifs is 1. The van der Waals surface area contributed by atoms with E-state index in [1.165, 1.54) is 11.1 Å². The highest BCUT2D eigenvalue weighted by molar-refractivity contribution is 9.10. The molecule has 1 aromatic heterocycles. The molecule has 0 bridgehead atoms. The maximum absolute atomic E-state index is 15.5. The van der Waals surface area contributed by atoms with Gasteiger partial charge in [0, 0.05) is 22.5 Å². The molecule has 2 nitrogen and oxygen atoms in total. The van der Waals surface area contributed by atoms with Gasteiger partial charge < -0.3 is 9.47 Å². The first-order valence-corrected chi connectivity index (χ1v) is 15.2. The van der Waals surface area contributed by atoms with Gasteiger partial charge in [-0.3, -0.25) is 0 Å². The van der Waals surface area contributed by atoms with E-state index in [1.807, 2.05) is 26.0 Å². The Morgan fingerprint density at radius 3 is 1.66 bits per heavy atom. The van der Waals surface area contributed by atoms with Crippen molar-refractivity contribution in [1.82, 2.24) is 4.57 Å². The van der Waals surface area contributed by atoms with Gasteiger partial charge in [0.1, 0.15) is 5.82 Å². The average molecular weight is 614 g/mol. The van der Waals surface area contributed by atoms with Crippen molar-refractivity contribution < 1.29 is 4.39 Å². The van der Waals surface area contributed by atoms with Gasteiger partial charge in [-0.1, -0.05) is 97.9 Å². The van der Waals surface area contributed by atoms with Crippen LogP contribution in [0.15, 0.2) is 95.5 Å². The zero-order valence-electron chi connectivity index (χ0n) is 25.8. The minimum Gasteiger partial charge on any atom is -0.313 e. The van der Waals surface area contributed by atoms with Crippen molar-refractivity contribution in [2.24, 2.45) is 0 Å². The molecule has 5 aromatic rings. The number of benzene rings is 4. The number of anilines is 3.